The summed E-state index contributed by atoms with van der Waals surface area (Å²) >= 11 is 4.79. The van der Waals surface area contributed by atoms with E-state index in [1.807, 2.05) is 4.90 Å². The first-order chi connectivity index (χ1) is 8.09. The lowest BCUT2D eigenvalue weighted by atomic mass is 10.2. The third kappa shape index (κ3) is 2.33. The Labute approximate surface area is 104 Å². The van der Waals surface area contributed by atoms with Gasteiger partial charge in [-0.1, -0.05) is 12.2 Å². The first-order valence-corrected chi connectivity index (χ1v) is 5.68. The lowest BCUT2D eigenvalue weighted by Gasteiger charge is -2.22. The molecule has 2 heterocycles. The molecule has 1 saturated heterocycles. The lowest BCUT2D eigenvalue weighted by Crippen LogP contribution is -2.40. The SMILES string of the molecule is NC(=O)C1CCCN1c1cnc(C(N)=S)cn1. The van der Waals surface area contributed by atoms with Crippen molar-refractivity contribution in [1.29, 1.82) is 0 Å². The van der Waals surface area contributed by atoms with Crippen molar-refractivity contribution < 1.29 is 4.79 Å². The van der Waals surface area contributed by atoms with Crippen molar-refractivity contribution in [3.63, 3.8) is 0 Å². The van der Waals surface area contributed by atoms with Gasteiger partial charge in [-0.05, 0) is 12.8 Å². The third-order valence-electron chi connectivity index (χ3n) is 2.77. The Morgan fingerprint density at radius 1 is 1.41 bits per heavy atom. The maximum atomic E-state index is 11.3. The molecule has 0 radical (unpaired) electrons. The van der Waals surface area contributed by atoms with E-state index in [4.69, 9.17) is 23.7 Å². The number of nitrogens with two attached hydrogens (primary N) is 2. The van der Waals surface area contributed by atoms with Gasteiger partial charge in [0.05, 0.1) is 12.4 Å². The van der Waals surface area contributed by atoms with Crippen LogP contribution in [0.15, 0.2) is 12.4 Å². The molecule has 1 aromatic heterocycles. The Morgan fingerprint density at radius 3 is 2.71 bits per heavy atom. The summed E-state index contributed by atoms with van der Waals surface area (Å²) in [6.07, 6.45) is 4.75. The average molecular weight is 251 g/mol. The second-order valence-corrected chi connectivity index (χ2v) is 4.32. The number of hydrogen-bond donors (Lipinski definition) is 2. The number of primary amides is 1. The topological polar surface area (TPSA) is 98.1 Å². The van der Waals surface area contributed by atoms with Gasteiger partial charge in [-0.25, -0.2) is 9.97 Å². The molecule has 17 heavy (non-hydrogen) atoms. The summed E-state index contributed by atoms with van der Waals surface area (Å²) in [6, 6.07) is -0.292. The molecule has 0 bridgehead atoms. The van der Waals surface area contributed by atoms with Crippen LogP contribution in [0.25, 0.3) is 0 Å². The molecule has 0 spiro atoms. The van der Waals surface area contributed by atoms with Gasteiger partial charge >= 0.3 is 0 Å². The molecule has 6 nitrogen and oxygen atoms in total. The van der Waals surface area contributed by atoms with Gasteiger partial charge in [0, 0.05) is 6.54 Å². The molecule has 1 amide bonds. The summed E-state index contributed by atoms with van der Waals surface area (Å²) in [5, 5.41) is 0. The molecule has 0 aromatic carbocycles. The number of carbonyl (C=O) groups excluding carboxylic acids is 1. The van der Waals surface area contributed by atoms with Crippen molar-refractivity contribution in [1.82, 2.24) is 9.97 Å². The van der Waals surface area contributed by atoms with E-state index in [0.29, 0.717) is 11.5 Å². The minimum atomic E-state index is -0.331. The van der Waals surface area contributed by atoms with Crippen LogP contribution in [0.1, 0.15) is 18.5 Å². The van der Waals surface area contributed by atoms with E-state index in [9.17, 15) is 4.79 Å². The lowest BCUT2D eigenvalue weighted by molar-refractivity contribution is -0.119. The zero-order chi connectivity index (χ0) is 12.4. The van der Waals surface area contributed by atoms with Crippen LogP contribution in [0.2, 0.25) is 0 Å². The van der Waals surface area contributed by atoms with Crippen LogP contribution < -0.4 is 16.4 Å². The molecule has 7 heteroatoms. The Kier molecular flexibility index (Phi) is 3.19. The molecular weight excluding hydrogens is 238 g/mol. The number of anilines is 1. The van der Waals surface area contributed by atoms with Gasteiger partial charge in [0.25, 0.3) is 0 Å². The van der Waals surface area contributed by atoms with Crippen molar-refractivity contribution in [2.45, 2.75) is 18.9 Å². The third-order valence-corrected chi connectivity index (χ3v) is 2.98. The molecule has 0 saturated carbocycles. The van der Waals surface area contributed by atoms with Gasteiger partial charge in [-0.2, -0.15) is 0 Å². The fraction of sp³-hybridized carbons (Fsp3) is 0.400. The first-order valence-electron chi connectivity index (χ1n) is 5.27. The van der Waals surface area contributed by atoms with Crippen LogP contribution in [-0.4, -0.2) is 33.5 Å². The molecule has 90 valence electrons. The van der Waals surface area contributed by atoms with Crippen LogP contribution in [0, 0.1) is 0 Å². The number of carbonyl (C=O) groups is 1. The average Bonchev–Trinajstić information content (AvgIpc) is 2.78. The first kappa shape index (κ1) is 11.7. The van der Waals surface area contributed by atoms with Crippen molar-refractivity contribution in [3.8, 4) is 0 Å². The van der Waals surface area contributed by atoms with E-state index in [0.717, 1.165) is 19.4 Å². The van der Waals surface area contributed by atoms with Crippen LogP contribution in [0.3, 0.4) is 0 Å². The summed E-state index contributed by atoms with van der Waals surface area (Å²) in [7, 11) is 0. The van der Waals surface area contributed by atoms with Crippen molar-refractivity contribution >= 4 is 28.9 Å². The minimum Gasteiger partial charge on any atom is -0.388 e. The van der Waals surface area contributed by atoms with Crippen LogP contribution in [-0.2, 0) is 4.79 Å². The van der Waals surface area contributed by atoms with Crippen LogP contribution in [0.4, 0.5) is 5.82 Å². The highest BCUT2D eigenvalue weighted by molar-refractivity contribution is 7.80. The maximum Gasteiger partial charge on any atom is 0.240 e. The molecule has 2 rings (SSSR count). The summed E-state index contributed by atoms with van der Waals surface area (Å²) < 4.78 is 0. The molecule has 1 aromatic rings. The van der Waals surface area contributed by atoms with Gasteiger partial charge in [0.15, 0.2) is 0 Å². The molecule has 1 fully saturated rings. The van der Waals surface area contributed by atoms with Crippen molar-refractivity contribution in [2.24, 2.45) is 11.5 Å². The number of rotatable bonds is 3. The number of aromatic nitrogens is 2. The van der Waals surface area contributed by atoms with Gasteiger partial charge in [0.2, 0.25) is 5.91 Å². The fourth-order valence-electron chi connectivity index (χ4n) is 1.93. The summed E-state index contributed by atoms with van der Waals surface area (Å²) in [4.78, 5) is 21.6. The maximum absolute atomic E-state index is 11.3. The smallest absolute Gasteiger partial charge is 0.240 e. The predicted octanol–water partition coefficient (Wildman–Crippen LogP) is -0.435. The van der Waals surface area contributed by atoms with Gasteiger partial charge in [0.1, 0.15) is 22.5 Å². The van der Waals surface area contributed by atoms with Crippen molar-refractivity contribution in [3.05, 3.63) is 18.1 Å². The van der Waals surface area contributed by atoms with Crippen LogP contribution in [0.5, 0.6) is 0 Å². The summed E-state index contributed by atoms with van der Waals surface area (Å²) in [5.74, 6) is 0.300. The highest BCUT2D eigenvalue weighted by Crippen LogP contribution is 2.22. The second-order valence-electron chi connectivity index (χ2n) is 3.88. The highest BCUT2D eigenvalue weighted by atomic mass is 32.1. The Morgan fingerprint density at radius 2 is 2.18 bits per heavy atom. The molecule has 0 aliphatic carbocycles. The Balaban J connectivity index is 2.22. The second kappa shape index (κ2) is 4.62. The molecule has 1 atom stereocenters. The van der Waals surface area contributed by atoms with E-state index in [1.165, 1.54) is 6.20 Å². The fourth-order valence-corrected chi connectivity index (χ4v) is 2.04. The van der Waals surface area contributed by atoms with Gasteiger partial charge < -0.3 is 16.4 Å². The highest BCUT2D eigenvalue weighted by Gasteiger charge is 2.30. The van der Waals surface area contributed by atoms with E-state index < -0.39 is 0 Å². The zero-order valence-corrected chi connectivity index (χ0v) is 9.98. The van der Waals surface area contributed by atoms with E-state index in [2.05, 4.69) is 9.97 Å². The Bertz CT molecular complexity index is 447. The molecule has 1 unspecified atom stereocenters. The van der Waals surface area contributed by atoms with Gasteiger partial charge in [-0.3, -0.25) is 4.79 Å². The number of thiocarbonyl (C=S) groups is 1. The largest absolute Gasteiger partial charge is 0.388 e. The molecule has 4 N–H and O–H groups in total. The molecular formula is C10H13N5OS. The predicted molar refractivity (Wildman–Crippen MR) is 67.5 cm³/mol. The van der Waals surface area contributed by atoms with E-state index in [-0.39, 0.29) is 16.9 Å². The monoisotopic (exact) mass is 251 g/mol. The standard InChI is InChI=1S/C10H13N5OS/c11-9(16)7-2-1-3-15(7)8-5-13-6(4-14-8)10(12)17/h4-5,7H,1-3H2,(H2,11,16)(H2,12,17). The zero-order valence-electron chi connectivity index (χ0n) is 9.17. The minimum absolute atomic E-state index is 0.205. The molecule has 1 aliphatic rings. The summed E-state index contributed by atoms with van der Waals surface area (Å²) in [5.41, 5.74) is 11.2. The van der Waals surface area contributed by atoms with Gasteiger partial charge in [-0.15, -0.1) is 0 Å². The van der Waals surface area contributed by atoms with Crippen LogP contribution >= 0.6 is 12.2 Å². The normalized spacial score (nSPS) is 19.3. The quantitative estimate of drug-likeness (QED) is 0.707. The van der Waals surface area contributed by atoms with E-state index in [1.54, 1.807) is 6.20 Å². The summed E-state index contributed by atoms with van der Waals surface area (Å²) in [6.45, 7) is 0.759. The number of nitrogens with zero attached hydrogens (tertiary/aromatic N) is 3. The van der Waals surface area contributed by atoms with E-state index >= 15 is 0 Å². The number of amides is 1. The number of hydrogen-bond acceptors (Lipinski definition) is 5. The molecule has 1 aliphatic heterocycles. The Hall–Kier alpha value is -1.76. The van der Waals surface area contributed by atoms with Crippen molar-refractivity contribution in [2.75, 3.05) is 11.4 Å².